The first-order valence-electron chi connectivity index (χ1n) is 8.12. The third kappa shape index (κ3) is 7.47. The van der Waals surface area contributed by atoms with Crippen molar-refractivity contribution in [3.05, 3.63) is 48.5 Å². The van der Waals surface area contributed by atoms with Crippen LogP contribution in [0.1, 0.15) is 6.92 Å². The summed E-state index contributed by atoms with van der Waals surface area (Å²) in [4.78, 5) is 9.98. The summed E-state index contributed by atoms with van der Waals surface area (Å²) >= 11 is 0. The summed E-state index contributed by atoms with van der Waals surface area (Å²) in [5.74, 6) is -1.97. The largest absolute Gasteiger partial charge is 0.573 e. The van der Waals surface area contributed by atoms with Crippen molar-refractivity contribution in [1.29, 1.82) is 0 Å². The molecule has 0 saturated heterocycles. The predicted octanol–water partition coefficient (Wildman–Crippen LogP) is 6.01. The standard InChI is InChI=1S/C17H15F8NO4S/c1-16(28,10-29-12-3-2-4-13(9-12)30-17(18,19)20)15(27)26-11-5-7-14(8-6-11)31(21,22,23,24)25/h2-9,28H,10H2,1H3,(H,26,27). The lowest BCUT2D eigenvalue weighted by Gasteiger charge is -2.40. The Bertz CT molecular complexity index is 960. The molecule has 0 aliphatic rings. The van der Waals surface area contributed by atoms with Crippen LogP contribution in [-0.2, 0) is 4.79 Å². The lowest BCUT2D eigenvalue weighted by Crippen LogP contribution is -2.45. The van der Waals surface area contributed by atoms with Gasteiger partial charge in [-0.2, -0.15) is 0 Å². The van der Waals surface area contributed by atoms with Crippen molar-refractivity contribution in [3.63, 3.8) is 0 Å². The molecule has 31 heavy (non-hydrogen) atoms. The second-order valence-corrected chi connectivity index (χ2v) is 8.94. The third-order valence-corrected chi connectivity index (χ3v) is 4.77. The van der Waals surface area contributed by atoms with Crippen LogP contribution in [0.5, 0.6) is 11.5 Å². The Hall–Kier alpha value is -2.74. The Kier molecular flexibility index (Phi) is 5.66. The maximum absolute atomic E-state index is 12.7. The lowest BCUT2D eigenvalue weighted by molar-refractivity contribution is -0.274. The molecule has 0 saturated carbocycles. The molecule has 1 atom stereocenters. The first kappa shape index (κ1) is 24.5. The van der Waals surface area contributed by atoms with Crippen LogP contribution in [0.25, 0.3) is 0 Å². The molecule has 2 aromatic carbocycles. The molecule has 2 N–H and O–H groups in total. The molecule has 5 nitrogen and oxygen atoms in total. The average Bonchev–Trinajstić information content (AvgIpc) is 2.57. The van der Waals surface area contributed by atoms with Crippen LogP contribution in [-0.4, -0.2) is 29.6 Å². The van der Waals surface area contributed by atoms with E-state index >= 15 is 0 Å². The van der Waals surface area contributed by atoms with Crippen LogP contribution < -0.4 is 14.8 Å². The average molecular weight is 481 g/mol. The Morgan fingerprint density at radius 1 is 1.00 bits per heavy atom. The summed E-state index contributed by atoms with van der Waals surface area (Å²) in [6.45, 7) is 0.194. The number of carbonyl (C=O) groups excluding carboxylic acids is 1. The second kappa shape index (κ2) is 7.15. The first-order valence-corrected chi connectivity index (χ1v) is 10.1. The van der Waals surface area contributed by atoms with E-state index in [1.165, 1.54) is 6.07 Å². The van der Waals surface area contributed by atoms with Gasteiger partial charge in [-0.25, -0.2) is 0 Å². The Morgan fingerprint density at radius 3 is 2.06 bits per heavy atom. The number of rotatable bonds is 7. The topological polar surface area (TPSA) is 67.8 Å². The number of alkyl halides is 3. The van der Waals surface area contributed by atoms with Gasteiger partial charge < -0.3 is 19.9 Å². The van der Waals surface area contributed by atoms with Crippen LogP contribution in [0.3, 0.4) is 0 Å². The SMILES string of the molecule is CC(O)(COc1cccc(OC(F)(F)F)c1)C(=O)Nc1ccc(S(F)(F)(F)(F)F)cc1. The van der Waals surface area contributed by atoms with Crippen LogP contribution >= 0.6 is 10.2 Å². The summed E-state index contributed by atoms with van der Waals surface area (Å²) in [7, 11) is -9.87. The zero-order valence-corrected chi connectivity index (χ0v) is 16.2. The summed E-state index contributed by atoms with van der Waals surface area (Å²) in [6, 6.07) is 5.51. The monoisotopic (exact) mass is 481 g/mol. The fraction of sp³-hybridized carbons (Fsp3) is 0.235. The molecule has 0 bridgehead atoms. The fourth-order valence-electron chi connectivity index (χ4n) is 2.11. The Morgan fingerprint density at radius 2 is 1.55 bits per heavy atom. The summed E-state index contributed by atoms with van der Waals surface area (Å²) < 4.78 is 109. The number of ether oxygens (including phenoxy) is 2. The fourth-order valence-corrected chi connectivity index (χ4v) is 2.76. The zero-order valence-electron chi connectivity index (χ0n) is 15.4. The van der Waals surface area contributed by atoms with Crippen molar-refractivity contribution < 1.29 is 52.0 Å². The first-order chi connectivity index (χ1) is 13.7. The molecular weight excluding hydrogens is 466 g/mol. The normalized spacial score (nSPS) is 16.5. The van der Waals surface area contributed by atoms with Gasteiger partial charge in [0.2, 0.25) is 0 Å². The Balaban J connectivity index is 2.03. The highest BCUT2D eigenvalue weighted by atomic mass is 32.5. The summed E-state index contributed by atoms with van der Waals surface area (Å²) in [5.41, 5.74) is -2.61. The van der Waals surface area contributed by atoms with E-state index in [4.69, 9.17) is 4.74 Å². The van der Waals surface area contributed by atoms with Crippen molar-refractivity contribution in [2.75, 3.05) is 11.9 Å². The minimum absolute atomic E-state index is 0.0779. The second-order valence-electron chi connectivity index (χ2n) is 6.53. The molecular formula is C17H15F8NO4S. The molecule has 1 unspecified atom stereocenters. The maximum Gasteiger partial charge on any atom is 0.573 e. The highest BCUT2D eigenvalue weighted by Crippen LogP contribution is 3.02. The molecule has 14 heteroatoms. The van der Waals surface area contributed by atoms with Gasteiger partial charge in [0.05, 0.1) is 0 Å². The van der Waals surface area contributed by atoms with E-state index in [1.807, 2.05) is 5.32 Å². The van der Waals surface area contributed by atoms with Gasteiger partial charge in [0.25, 0.3) is 5.91 Å². The molecule has 174 valence electrons. The molecule has 0 aromatic heterocycles. The molecule has 0 aliphatic carbocycles. The van der Waals surface area contributed by atoms with Crippen molar-refractivity contribution in [2.24, 2.45) is 0 Å². The summed E-state index contributed by atoms with van der Waals surface area (Å²) in [5, 5.41) is 12.2. The molecule has 2 aromatic rings. The number of hydrogen-bond donors (Lipinski definition) is 2. The van der Waals surface area contributed by atoms with Crippen molar-refractivity contribution in [1.82, 2.24) is 0 Å². The molecule has 1 amide bonds. The number of nitrogens with one attached hydrogen (secondary N) is 1. The number of halogens is 8. The summed E-state index contributed by atoms with van der Waals surface area (Å²) in [6.07, 6.45) is -4.95. The van der Waals surface area contributed by atoms with Gasteiger partial charge in [-0.1, -0.05) is 25.5 Å². The van der Waals surface area contributed by atoms with E-state index in [0.29, 0.717) is 12.1 Å². The minimum atomic E-state index is -9.87. The number of anilines is 1. The van der Waals surface area contributed by atoms with Crippen LogP contribution in [0.2, 0.25) is 0 Å². The van der Waals surface area contributed by atoms with Crippen LogP contribution in [0, 0.1) is 0 Å². The van der Waals surface area contributed by atoms with Crippen molar-refractivity contribution in [2.45, 2.75) is 23.8 Å². The van der Waals surface area contributed by atoms with E-state index in [1.54, 1.807) is 0 Å². The van der Waals surface area contributed by atoms with Crippen molar-refractivity contribution >= 4 is 21.8 Å². The highest BCUT2D eigenvalue weighted by Gasteiger charge is 2.65. The van der Waals surface area contributed by atoms with Gasteiger partial charge in [0.1, 0.15) is 23.0 Å². The predicted molar refractivity (Wildman–Crippen MR) is 95.7 cm³/mol. The number of amides is 1. The molecule has 0 aliphatic heterocycles. The third-order valence-electron chi connectivity index (χ3n) is 3.61. The van der Waals surface area contributed by atoms with Crippen LogP contribution in [0.4, 0.5) is 38.3 Å². The van der Waals surface area contributed by atoms with E-state index in [0.717, 1.165) is 25.1 Å². The van der Waals surface area contributed by atoms with Gasteiger partial charge in [0.15, 0.2) is 5.60 Å². The van der Waals surface area contributed by atoms with Gasteiger partial charge in [-0.15, -0.1) is 13.2 Å². The van der Waals surface area contributed by atoms with E-state index in [-0.39, 0.29) is 23.6 Å². The van der Waals surface area contributed by atoms with Gasteiger partial charge >= 0.3 is 16.6 Å². The number of benzene rings is 2. The number of carbonyl (C=O) groups is 1. The lowest BCUT2D eigenvalue weighted by atomic mass is 10.1. The zero-order chi connectivity index (χ0) is 23.8. The van der Waals surface area contributed by atoms with Crippen LogP contribution in [0.15, 0.2) is 53.4 Å². The molecule has 0 radical (unpaired) electrons. The Labute approximate surface area is 170 Å². The van der Waals surface area contributed by atoms with E-state index in [2.05, 4.69) is 4.74 Å². The minimum Gasteiger partial charge on any atom is -0.490 e. The van der Waals surface area contributed by atoms with Gasteiger partial charge in [-0.05, 0) is 43.3 Å². The quantitative estimate of drug-likeness (QED) is 0.476. The highest BCUT2D eigenvalue weighted by molar-refractivity contribution is 8.45. The molecule has 0 heterocycles. The van der Waals surface area contributed by atoms with E-state index in [9.17, 15) is 42.5 Å². The van der Waals surface area contributed by atoms with E-state index < -0.39 is 45.3 Å². The van der Waals surface area contributed by atoms with Gasteiger partial charge in [0, 0.05) is 11.8 Å². The van der Waals surface area contributed by atoms with Gasteiger partial charge in [-0.3, -0.25) is 4.79 Å². The van der Waals surface area contributed by atoms with Crippen molar-refractivity contribution in [3.8, 4) is 11.5 Å². The number of hydrogen-bond acceptors (Lipinski definition) is 4. The smallest absolute Gasteiger partial charge is 0.490 e. The molecule has 0 spiro atoms. The number of aliphatic hydroxyl groups is 1. The molecule has 0 fully saturated rings. The molecule has 2 rings (SSSR count). The maximum atomic E-state index is 12.7.